The lowest BCUT2D eigenvalue weighted by atomic mass is 10.1. The second kappa shape index (κ2) is 8.29. The monoisotopic (exact) mass is 308 g/mol. The van der Waals surface area contributed by atoms with Crippen LogP contribution in [-0.2, 0) is 0 Å². The summed E-state index contributed by atoms with van der Waals surface area (Å²) in [5.41, 5.74) is 0.530. The zero-order chi connectivity index (χ0) is 15.0. The van der Waals surface area contributed by atoms with E-state index in [-0.39, 0.29) is 17.3 Å². The molecule has 0 aliphatic carbocycles. The first-order chi connectivity index (χ1) is 9.41. The number of carbonyl (C=O) groups is 1. The van der Waals surface area contributed by atoms with E-state index in [0.29, 0.717) is 5.56 Å². The summed E-state index contributed by atoms with van der Waals surface area (Å²) in [5, 5.41) is -0.165. The largest absolute Gasteiger partial charge is 0.282 e. The number of hydrogen-bond donors (Lipinski definition) is 0. The van der Waals surface area contributed by atoms with Crippen LogP contribution in [0.1, 0.15) is 36.0 Å². The van der Waals surface area contributed by atoms with Gasteiger partial charge in [0, 0.05) is 30.6 Å². The summed E-state index contributed by atoms with van der Waals surface area (Å²) in [7, 11) is 0. The molecule has 1 aromatic rings. The molecule has 0 radical (unpaired) electrons. The van der Waals surface area contributed by atoms with Crippen LogP contribution in [0.3, 0.4) is 0 Å². The van der Waals surface area contributed by atoms with E-state index in [4.69, 9.17) is 0 Å². The van der Waals surface area contributed by atoms with E-state index < -0.39 is 31.6 Å². The van der Waals surface area contributed by atoms with E-state index in [1.54, 1.807) is 30.3 Å². The second-order valence-electron chi connectivity index (χ2n) is 4.39. The van der Waals surface area contributed by atoms with Gasteiger partial charge in [-0.25, -0.2) is 17.6 Å². The average molecular weight is 308 g/mol. The quantitative estimate of drug-likeness (QED) is 0.495. The molecule has 1 aromatic carbocycles. The Labute approximate surface area is 119 Å². The van der Waals surface area contributed by atoms with Gasteiger partial charge in [0.25, 0.3) is 0 Å². The number of carbonyl (C=O) groups excluding carboxylic acids is 1. The van der Waals surface area contributed by atoms with Crippen molar-refractivity contribution in [1.82, 2.24) is 0 Å². The van der Waals surface area contributed by atoms with E-state index in [0.717, 1.165) is 11.8 Å². The van der Waals surface area contributed by atoms with Crippen molar-refractivity contribution >= 4 is 16.9 Å². The molecule has 0 aliphatic heterocycles. The zero-order valence-electron chi connectivity index (χ0n) is 10.8. The summed E-state index contributed by atoms with van der Waals surface area (Å²) in [6.07, 6.45) is -4.63. The highest BCUT2D eigenvalue weighted by atomic mass is 32.2. The molecular formula is C14H16F4OS. The molecule has 6 heteroatoms. The minimum absolute atomic E-state index is 0.124. The molecule has 1 rings (SSSR count). The molecule has 0 amide bonds. The Hall–Kier alpha value is -1.04. The van der Waals surface area contributed by atoms with Gasteiger partial charge in [-0.2, -0.15) is 0 Å². The highest BCUT2D eigenvalue weighted by molar-refractivity contribution is 8.14. The van der Waals surface area contributed by atoms with Crippen molar-refractivity contribution in [3.8, 4) is 0 Å². The Morgan fingerprint density at radius 1 is 1.15 bits per heavy atom. The fourth-order valence-electron chi connectivity index (χ4n) is 1.60. The lowest BCUT2D eigenvalue weighted by Gasteiger charge is -2.15. The van der Waals surface area contributed by atoms with Gasteiger partial charge < -0.3 is 0 Å². The predicted octanol–water partition coefficient (Wildman–Crippen LogP) is 5.02. The SMILES string of the molecule is O=C(SCCCC(F)(F)CCC(F)F)c1ccccc1. The highest BCUT2D eigenvalue weighted by Gasteiger charge is 2.29. The maximum absolute atomic E-state index is 13.2. The molecule has 0 atom stereocenters. The minimum atomic E-state index is -3.08. The molecule has 0 aliphatic rings. The van der Waals surface area contributed by atoms with Crippen molar-refractivity contribution in [2.75, 3.05) is 5.75 Å². The van der Waals surface area contributed by atoms with Crippen LogP contribution in [-0.4, -0.2) is 23.2 Å². The Morgan fingerprint density at radius 2 is 1.80 bits per heavy atom. The molecule has 0 spiro atoms. The van der Waals surface area contributed by atoms with Gasteiger partial charge in [0.15, 0.2) is 0 Å². The van der Waals surface area contributed by atoms with Gasteiger partial charge in [-0.05, 0) is 6.42 Å². The van der Waals surface area contributed by atoms with Gasteiger partial charge in [-0.3, -0.25) is 4.79 Å². The van der Waals surface area contributed by atoms with Crippen LogP contribution in [0.5, 0.6) is 0 Å². The maximum atomic E-state index is 13.2. The van der Waals surface area contributed by atoms with Crippen molar-refractivity contribution in [2.24, 2.45) is 0 Å². The predicted molar refractivity (Wildman–Crippen MR) is 72.6 cm³/mol. The molecule has 0 fully saturated rings. The third-order valence-corrected chi connectivity index (χ3v) is 3.65. The van der Waals surface area contributed by atoms with E-state index in [9.17, 15) is 22.4 Å². The second-order valence-corrected chi connectivity index (χ2v) is 5.46. The van der Waals surface area contributed by atoms with E-state index in [2.05, 4.69) is 0 Å². The number of rotatable bonds is 8. The van der Waals surface area contributed by atoms with Crippen LogP contribution in [0, 0.1) is 0 Å². The minimum Gasteiger partial charge on any atom is -0.282 e. The van der Waals surface area contributed by atoms with Crippen LogP contribution in [0.4, 0.5) is 17.6 Å². The molecule has 0 heterocycles. The normalized spacial score (nSPS) is 11.8. The summed E-state index contributed by atoms with van der Waals surface area (Å²) in [5.74, 6) is -2.81. The summed E-state index contributed by atoms with van der Waals surface area (Å²) >= 11 is 0.974. The third-order valence-electron chi connectivity index (χ3n) is 2.66. The summed E-state index contributed by atoms with van der Waals surface area (Å²) in [6, 6.07) is 8.56. The van der Waals surface area contributed by atoms with Crippen molar-refractivity contribution in [2.45, 2.75) is 38.0 Å². The Balaban J connectivity index is 2.23. The fraction of sp³-hybridized carbons (Fsp3) is 0.500. The Kier molecular flexibility index (Phi) is 7.05. The zero-order valence-corrected chi connectivity index (χ0v) is 11.6. The van der Waals surface area contributed by atoms with Crippen molar-refractivity contribution in [3.05, 3.63) is 35.9 Å². The third kappa shape index (κ3) is 6.93. The first-order valence-electron chi connectivity index (χ1n) is 6.29. The van der Waals surface area contributed by atoms with Gasteiger partial charge in [0.05, 0.1) is 0 Å². The number of thioether (sulfide) groups is 1. The molecular weight excluding hydrogens is 292 g/mol. The molecule has 112 valence electrons. The Bertz CT molecular complexity index is 409. The van der Waals surface area contributed by atoms with Crippen molar-refractivity contribution in [1.29, 1.82) is 0 Å². The van der Waals surface area contributed by atoms with E-state index >= 15 is 0 Å². The lowest BCUT2D eigenvalue weighted by Crippen LogP contribution is -2.17. The van der Waals surface area contributed by atoms with Crippen molar-refractivity contribution in [3.63, 3.8) is 0 Å². The summed E-state index contributed by atoms with van der Waals surface area (Å²) in [6.45, 7) is 0. The summed E-state index contributed by atoms with van der Waals surface area (Å²) < 4.78 is 50.1. The lowest BCUT2D eigenvalue weighted by molar-refractivity contribution is -0.0319. The van der Waals surface area contributed by atoms with Gasteiger partial charge in [-0.15, -0.1) is 0 Å². The van der Waals surface area contributed by atoms with Crippen LogP contribution in [0.25, 0.3) is 0 Å². The summed E-state index contributed by atoms with van der Waals surface area (Å²) in [4.78, 5) is 11.7. The van der Waals surface area contributed by atoms with Crippen LogP contribution < -0.4 is 0 Å². The van der Waals surface area contributed by atoms with Crippen molar-refractivity contribution < 1.29 is 22.4 Å². The molecule has 0 aromatic heterocycles. The first kappa shape index (κ1) is 17.0. The fourth-order valence-corrected chi connectivity index (χ4v) is 2.38. The molecule has 0 unspecified atom stereocenters. The van der Waals surface area contributed by atoms with Gasteiger partial charge in [-0.1, -0.05) is 42.1 Å². The molecule has 0 saturated heterocycles. The van der Waals surface area contributed by atoms with Gasteiger partial charge in [0.1, 0.15) is 0 Å². The standard InChI is InChI=1S/C14H16F4OS/c15-12(16)7-9-14(17,18)8-4-10-20-13(19)11-5-2-1-3-6-11/h1-3,5-6,12H,4,7-10H2. The number of hydrogen-bond acceptors (Lipinski definition) is 2. The van der Waals surface area contributed by atoms with Gasteiger partial charge >= 0.3 is 0 Å². The van der Waals surface area contributed by atoms with Crippen LogP contribution >= 0.6 is 11.8 Å². The Morgan fingerprint density at radius 3 is 2.40 bits per heavy atom. The van der Waals surface area contributed by atoms with Gasteiger partial charge in [0.2, 0.25) is 17.5 Å². The van der Waals surface area contributed by atoms with Crippen LogP contribution in [0.2, 0.25) is 0 Å². The number of benzene rings is 1. The maximum Gasteiger partial charge on any atom is 0.248 e. The van der Waals surface area contributed by atoms with E-state index in [1.807, 2.05) is 0 Å². The van der Waals surface area contributed by atoms with E-state index in [1.165, 1.54) is 0 Å². The first-order valence-corrected chi connectivity index (χ1v) is 7.27. The highest BCUT2D eigenvalue weighted by Crippen LogP contribution is 2.28. The molecule has 20 heavy (non-hydrogen) atoms. The molecule has 0 bridgehead atoms. The number of alkyl halides is 4. The molecule has 1 nitrogen and oxygen atoms in total. The smallest absolute Gasteiger partial charge is 0.248 e. The van der Waals surface area contributed by atoms with Crippen LogP contribution in [0.15, 0.2) is 30.3 Å². The molecule has 0 N–H and O–H groups in total. The average Bonchev–Trinajstić information content (AvgIpc) is 2.42. The number of halogens is 4. The molecule has 0 saturated carbocycles. The topological polar surface area (TPSA) is 17.1 Å².